The Kier molecular flexibility index (Phi) is 3.97. The first-order chi connectivity index (χ1) is 9.70. The van der Waals surface area contributed by atoms with Gasteiger partial charge in [0.1, 0.15) is 16.5 Å². The van der Waals surface area contributed by atoms with Gasteiger partial charge in [0.2, 0.25) is 0 Å². The zero-order chi connectivity index (χ0) is 15.7. The first kappa shape index (κ1) is 15.4. The highest BCUT2D eigenvalue weighted by Crippen LogP contribution is 2.22. The lowest BCUT2D eigenvalue weighted by atomic mass is 10.4. The van der Waals surface area contributed by atoms with E-state index in [-0.39, 0.29) is 10.7 Å². The molecule has 9 heteroatoms. The van der Waals surface area contributed by atoms with Gasteiger partial charge in [0.25, 0.3) is 10.0 Å². The summed E-state index contributed by atoms with van der Waals surface area (Å²) in [6.45, 7) is 0. The van der Waals surface area contributed by atoms with Crippen molar-refractivity contribution in [1.29, 1.82) is 0 Å². The van der Waals surface area contributed by atoms with Crippen molar-refractivity contribution in [1.82, 2.24) is 4.98 Å². The van der Waals surface area contributed by atoms with Gasteiger partial charge in [-0.15, -0.1) is 0 Å². The standard InChI is InChI=1S/C12H11FN2O4S2/c1-20(16,17)10-4-2-3-5-11(10)21(18,19)15-12-7-6-9(13)8-14-12/h2-8H,1H3,(H,14,15). The van der Waals surface area contributed by atoms with Crippen LogP contribution >= 0.6 is 0 Å². The lowest BCUT2D eigenvalue weighted by molar-refractivity contribution is 0.588. The van der Waals surface area contributed by atoms with Crippen LogP contribution in [0.3, 0.4) is 0 Å². The number of anilines is 1. The molecule has 0 radical (unpaired) electrons. The number of aromatic nitrogens is 1. The van der Waals surface area contributed by atoms with Crippen molar-refractivity contribution in [3.63, 3.8) is 0 Å². The van der Waals surface area contributed by atoms with Gasteiger partial charge in [0, 0.05) is 6.26 Å². The molecule has 2 rings (SSSR count). The van der Waals surface area contributed by atoms with Crippen molar-refractivity contribution < 1.29 is 21.2 Å². The summed E-state index contributed by atoms with van der Waals surface area (Å²) in [5.41, 5.74) is 0. The van der Waals surface area contributed by atoms with Crippen LogP contribution in [-0.2, 0) is 19.9 Å². The molecule has 2 aromatic rings. The van der Waals surface area contributed by atoms with Crippen LogP contribution in [0.5, 0.6) is 0 Å². The van der Waals surface area contributed by atoms with Crippen LogP contribution in [0.25, 0.3) is 0 Å². The summed E-state index contributed by atoms with van der Waals surface area (Å²) in [6, 6.07) is 7.36. The summed E-state index contributed by atoms with van der Waals surface area (Å²) < 4.78 is 62.6. The average molecular weight is 330 g/mol. The number of benzene rings is 1. The van der Waals surface area contributed by atoms with E-state index >= 15 is 0 Å². The van der Waals surface area contributed by atoms with Gasteiger partial charge in [0.15, 0.2) is 9.84 Å². The second kappa shape index (κ2) is 5.41. The third kappa shape index (κ3) is 3.56. The van der Waals surface area contributed by atoms with Gasteiger partial charge in [0.05, 0.1) is 11.1 Å². The molecule has 0 saturated carbocycles. The molecule has 6 nitrogen and oxygen atoms in total. The Hall–Kier alpha value is -2.00. The van der Waals surface area contributed by atoms with Gasteiger partial charge >= 0.3 is 0 Å². The van der Waals surface area contributed by atoms with Crippen molar-refractivity contribution >= 4 is 25.7 Å². The summed E-state index contributed by atoms with van der Waals surface area (Å²) in [5, 5.41) is 0. The average Bonchev–Trinajstić information content (AvgIpc) is 2.40. The monoisotopic (exact) mass is 330 g/mol. The molecule has 0 fully saturated rings. The third-order valence-corrected chi connectivity index (χ3v) is 5.20. The van der Waals surface area contributed by atoms with E-state index in [0.717, 1.165) is 24.6 Å². The molecule has 0 unspecified atom stereocenters. The molecule has 0 saturated heterocycles. The van der Waals surface area contributed by atoms with E-state index in [1.807, 2.05) is 0 Å². The van der Waals surface area contributed by atoms with Crippen LogP contribution in [-0.4, -0.2) is 28.1 Å². The Balaban J connectivity index is 2.48. The number of hydrogen-bond donors (Lipinski definition) is 1. The third-order valence-electron chi connectivity index (χ3n) is 2.50. The quantitative estimate of drug-likeness (QED) is 0.915. The largest absolute Gasteiger partial charge is 0.264 e. The van der Waals surface area contributed by atoms with Crippen LogP contribution in [0.2, 0.25) is 0 Å². The van der Waals surface area contributed by atoms with Gasteiger partial charge in [-0.05, 0) is 24.3 Å². The minimum absolute atomic E-state index is 0.111. The zero-order valence-electron chi connectivity index (χ0n) is 10.8. The second-order valence-corrected chi connectivity index (χ2v) is 7.82. The smallest absolute Gasteiger partial charge is 0.263 e. The van der Waals surface area contributed by atoms with E-state index in [4.69, 9.17) is 0 Å². The van der Waals surface area contributed by atoms with Gasteiger partial charge in [-0.25, -0.2) is 26.2 Å². The van der Waals surface area contributed by atoms with E-state index in [2.05, 4.69) is 9.71 Å². The predicted molar refractivity (Wildman–Crippen MR) is 74.6 cm³/mol. The molecule has 1 aromatic carbocycles. The summed E-state index contributed by atoms with van der Waals surface area (Å²) in [6.07, 6.45) is 1.76. The molecule has 0 aliphatic heterocycles. The maximum Gasteiger partial charge on any atom is 0.264 e. The molecule has 0 spiro atoms. The molecule has 0 aliphatic rings. The first-order valence-corrected chi connectivity index (χ1v) is 9.01. The van der Waals surface area contributed by atoms with E-state index in [0.29, 0.717) is 0 Å². The molecule has 1 heterocycles. The van der Waals surface area contributed by atoms with E-state index in [1.54, 1.807) is 0 Å². The highest BCUT2D eigenvalue weighted by Gasteiger charge is 2.23. The summed E-state index contributed by atoms with van der Waals surface area (Å²) in [7, 11) is -7.87. The maximum absolute atomic E-state index is 12.7. The highest BCUT2D eigenvalue weighted by molar-refractivity contribution is 7.95. The number of nitrogens with one attached hydrogen (secondary N) is 1. The van der Waals surface area contributed by atoms with Crippen LogP contribution < -0.4 is 4.72 Å². The van der Waals surface area contributed by atoms with Gasteiger partial charge in [-0.2, -0.15) is 0 Å². The van der Waals surface area contributed by atoms with E-state index in [9.17, 15) is 21.2 Å². The Labute approximate surface area is 121 Å². The van der Waals surface area contributed by atoms with Crippen molar-refractivity contribution in [2.45, 2.75) is 9.79 Å². The molecule has 0 amide bonds. The number of sulfone groups is 1. The Morgan fingerprint density at radius 1 is 1.00 bits per heavy atom. The zero-order valence-corrected chi connectivity index (χ0v) is 12.4. The topological polar surface area (TPSA) is 93.2 Å². The number of sulfonamides is 1. The summed E-state index contributed by atoms with van der Waals surface area (Å²) in [4.78, 5) is 2.86. The normalized spacial score (nSPS) is 12.1. The molecule has 21 heavy (non-hydrogen) atoms. The molecular weight excluding hydrogens is 319 g/mol. The maximum atomic E-state index is 12.7. The number of rotatable bonds is 4. The van der Waals surface area contributed by atoms with Gasteiger partial charge in [-0.1, -0.05) is 12.1 Å². The minimum Gasteiger partial charge on any atom is -0.263 e. The SMILES string of the molecule is CS(=O)(=O)c1ccccc1S(=O)(=O)Nc1ccc(F)cn1. The lowest BCUT2D eigenvalue weighted by Crippen LogP contribution is -2.17. The molecule has 112 valence electrons. The fourth-order valence-corrected chi connectivity index (χ4v) is 4.25. The fourth-order valence-electron chi connectivity index (χ4n) is 1.61. The van der Waals surface area contributed by atoms with Crippen LogP contribution in [0, 0.1) is 5.82 Å². The number of halogens is 1. The number of nitrogens with zero attached hydrogens (tertiary/aromatic N) is 1. The van der Waals surface area contributed by atoms with E-state index < -0.39 is 30.6 Å². The molecule has 1 aromatic heterocycles. The van der Waals surface area contributed by atoms with Gasteiger partial charge < -0.3 is 0 Å². The Morgan fingerprint density at radius 2 is 1.62 bits per heavy atom. The summed E-state index contributed by atoms with van der Waals surface area (Å²) >= 11 is 0. The predicted octanol–water partition coefficient (Wildman–Crippen LogP) is 1.43. The summed E-state index contributed by atoms with van der Waals surface area (Å²) in [5.74, 6) is -0.728. The van der Waals surface area contributed by atoms with Crippen LogP contribution in [0.15, 0.2) is 52.4 Å². The van der Waals surface area contributed by atoms with E-state index in [1.165, 1.54) is 24.3 Å². The first-order valence-electron chi connectivity index (χ1n) is 5.63. The Morgan fingerprint density at radius 3 is 2.14 bits per heavy atom. The number of pyridine rings is 1. The van der Waals surface area contributed by atoms with Crippen molar-refractivity contribution in [2.24, 2.45) is 0 Å². The van der Waals surface area contributed by atoms with Crippen molar-refractivity contribution in [3.8, 4) is 0 Å². The van der Waals surface area contributed by atoms with Crippen molar-refractivity contribution in [2.75, 3.05) is 11.0 Å². The molecule has 0 aliphatic carbocycles. The van der Waals surface area contributed by atoms with Crippen molar-refractivity contribution in [3.05, 3.63) is 48.4 Å². The second-order valence-electron chi connectivity index (χ2n) is 4.19. The lowest BCUT2D eigenvalue weighted by Gasteiger charge is -2.10. The van der Waals surface area contributed by atoms with Gasteiger partial charge in [-0.3, -0.25) is 4.72 Å². The molecule has 0 atom stereocenters. The molecule has 0 bridgehead atoms. The number of hydrogen-bond acceptors (Lipinski definition) is 5. The molecule has 1 N–H and O–H groups in total. The molecular formula is C12H11FN2O4S2. The van der Waals surface area contributed by atoms with Crippen LogP contribution in [0.4, 0.5) is 10.2 Å². The Bertz CT molecular complexity index is 862. The minimum atomic E-state index is -4.15. The fraction of sp³-hybridized carbons (Fsp3) is 0.0833. The van der Waals surface area contributed by atoms with Crippen LogP contribution in [0.1, 0.15) is 0 Å². The highest BCUT2D eigenvalue weighted by atomic mass is 32.2.